The van der Waals surface area contributed by atoms with Crippen molar-refractivity contribution in [2.24, 2.45) is 0 Å². The lowest BCUT2D eigenvalue weighted by Crippen LogP contribution is -2.05. The molecule has 0 radical (unpaired) electrons. The lowest BCUT2D eigenvalue weighted by atomic mass is 10.3. The highest BCUT2D eigenvalue weighted by atomic mass is 32.2. The van der Waals surface area contributed by atoms with E-state index in [4.69, 9.17) is 0 Å². The maximum atomic E-state index is 4.27. The van der Waals surface area contributed by atoms with Gasteiger partial charge in [0.2, 0.25) is 0 Å². The van der Waals surface area contributed by atoms with Crippen molar-refractivity contribution in [1.29, 1.82) is 0 Å². The molecule has 1 unspecified atom stereocenters. The minimum absolute atomic E-state index is 0.547. The number of benzene rings is 1. The number of hydrogen-bond donors (Lipinski definition) is 0. The Labute approximate surface area is 98.9 Å². The molecule has 0 saturated heterocycles. The van der Waals surface area contributed by atoms with Gasteiger partial charge in [-0.1, -0.05) is 19.1 Å². The third kappa shape index (κ3) is 1.45. The Hall–Kier alpha value is -1.29. The van der Waals surface area contributed by atoms with Crippen molar-refractivity contribution in [3.05, 3.63) is 35.9 Å². The van der Waals surface area contributed by atoms with Crippen LogP contribution in [0.25, 0.3) is 5.69 Å². The van der Waals surface area contributed by atoms with Gasteiger partial charge >= 0.3 is 0 Å². The zero-order valence-corrected chi connectivity index (χ0v) is 10.2. The Morgan fingerprint density at radius 1 is 1.31 bits per heavy atom. The predicted molar refractivity (Wildman–Crippen MR) is 65.1 cm³/mol. The van der Waals surface area contributed by atoms with Crippen LogP contribution in [0, 0.1) is 6.92 Å². The van der Waals surface area contributed by atoms with Crippen LogP contribution in [0.3, 0.4) is 0 Å². The summed E-state index contributed by atoms with van der Waals surface area (Å²) in [6.45, 7) is 4.25. The molecule has 2 heterocycles. The summed E-state index contributed by atoms with van der Waals surface area (Å²) in [6, 6.07) is 8.47. The van der Waals surface area contributed by atoms with E-state index in [0.717, 1.165) is 18.1 Å². The third-order valence-corrected chi connectivity index (χ3v) is 3.96. The van der Waals surface area contributed by atoms with Gasteiger partial charge in [-0.3, -0.25) is 4.57 Å². The quantitative estimate of drug-likeness (QED) is 0.698. The first-order valence-electron chi connectivity index (χ1n) is 5.42. The van der Waals surface area contributed by atoms with Gasteiger partial charge in [0, 0.05) is 16.6 Å². The molecule has 0 amide bonds. The number of thioether (sulfide) groups is 1. The molecular weight excluding hydrogens is 218 g/mol. The molecule has 1 atom stereocenters. The van der Waals surface area contributed by atoms with Gasteiger partial charge in [0.25, 0.3) is 0 Å². The highest BCUT2D eigenvalue weighted by Crippen LogP contribution is 2.34. The topological polar surface area (TPSA) is 30.7 Å². The van der Waals surface area contributed by atoms with E-state index < -0.39 is 0 Å². The van der Waals surface area contributed by atoms with Crippen molar-refractivity contribution < 1.29 is 0 Å². The number of para-hydroxylation sites is 1. The van der Waals surface area contributed by atoms with Crippen molar-refractivity contribution in [3.8, 4) is 5.69 Å². The first-order valence-corrected chi connectivity index (χ1v) is 6.30. The summed E-state index contributed by atoms with van der Waals surface area (Å²) >= 11 is 1.91. The van der Waals surface area contributed by atoms with Crippen LogP contribution in [-0.2, 0) is 6.42 Å². The second kappa shape index (κ2) is 3.63. The van der Waals surface area contributed by atoms with Crippen molar-refractivity contribution in [2.45, 2.75) is 30.4 Å². The SMILES string of the molecule is Cc1nnc2n1-c1ccccc1SC(C)C2. The maximum Gasteiger partial charge on any atom is 0.138 e. The molecule has 16 heavy (non-hydrogen) atoms. The smallest absolute Gasteiger partial charge is 0.138 e. The highest BCUT2D eigenvalue weighted by molar-refractivity contribution is 8.00. The van der Waals surface area contributed by atoms with Crippen LogP contribution in [0.15, 0.2) is 29.2 Å². The molecule has 82 valence electrons. The lowest BCUT2D eigenvalue weighted by molar-refractivity contribution is 0.817. The summed E-state index contributed by atoms with van der Waals surface area (Å²) in [6.07, 6.45) is 0.972. The predicted octanol–water partition coefficient (Wildman–Crippen LogP) is 2.61. The summed E-state index contributed by atoms with van der Waals surface area (Å²) < 4.78 is 2.17. The fourth-order valence-electron chi connectivity index (χ4n) is 2.11. The van der Waals surface area contributed by atoms with Crippen LogP contribution < -0.4 is 0 Å². The molecule has 0 N–H and O–H groups in total. The van der Waals surface area contributed by atoms with Gasteiger partial charge in [0.15, 0.2) is 0 Å². The van der Waals surface area contributed by atoms with E-state index in [2.05, 4.69) is 46.0 Å². The highest BCUT2D eigenvalue weighted by Gasteiger charge is 2.21. The monoisotopic (exact) mass is 231 g/mol. The summed E-state index contributed by atoms with van der Waals surface area (Å²) in [5.41, 5.74) is 1.22. The van der Waals surface area contributed by atoms with E-state index in [1.54, 1.807) is 0 Å². The Morgan fingerprint density at radius 3 is 3.00 bits per heavy atom. The van der Waals surface area contributed by atoms with Gasteiger partial charge in [-0.05, 0) is 19.1 Å². The summed E-state index contributed by atoms with van der Waals surface area (Å²) in [5.74, 6) is 2.04. The average Bonchev–Trinajstić information content (AvgIpc) is 2.55. The van der Waals surface area contributed by atoms with Crippen molar-refractivity contribution >= 4 is 11.8 Å². The standard InChI is InChI=1S/C12H13N3S/c1-8-7-12-14-13-9(2)15(12)10-5-3-4-6-11(10)16-8/h3-6,8H,7H2,1-2H3. The van der Waals surface area contributed by atoms with Crippen molar-refractivity contribution in [2.75, 3.05) is 0 Å². The zero-order valence-electron chi connectivity index (χ0n) is 9.34. The van der Waals surface area contributed by atoms with E-state index in [1.807, 2.05) is 18.7 Å². The summed E-state index contributed by atoms with van der Waals surface area (Å²) in [4.78, 5) is 1.32. The molecule has 0 saturated carbocycles. The number of aromatic nitrogens is 3. The second-order valence-electron chi connectivity index (χ2n) is 4.10. The fraction of sp³-hybridized carbons (Fsp3) is 0.333. The first kappa shape index (κ1) is 9.90. The van der Waals surface area contributed by atoms with E-state index in [-0.39, 0.29) is 0 Å². The fourth-order valence-corrected chi connectivity index (χ4v) is 3.21. The van der Waals surface area contributed by atoms with Crippen LogP contribution in [0.1, 0.15) is 18.6 Å². The van der Waals surface area contributed by atoms with E-state index in [1.165, 1.54) is 10.6 Å². The van der Waals surface area contributed by atoms with Crippen LogP contribution in [0.5, 0.6) is 0 Å². The molecule has 2 aromatic rings. The zero-order chi connectivity index (χ0) is 11.1. The van der Waals surface area contributed by atoms with E-state index >= 15 is 0 Å². The van der Waals surface area contributed by atoms with Gasteiger partial charge in [-0.2, -0.15) is 0 Å². The van der Waals surface area contributed by atoms with Crippen molar-refractivity contribution in [1.82, 2.24) is 14.8 Å². The molecule has 0 aliphatic carbocycles. The molecule has 1 aromatic heterocycles. The number of nitrogens with zero attached hydrogens (tertiary/aromatic N) is 3. The molecule has 0 fully saturated rings. The summed E-state index contributed by atoms with van der Waals surface area (Å²) in [5, 5.41) is 8.99. The first-order chi connectivity index (χ1) is 7.75. The lowest BCUT2D eigenvalue weighted by Gasteiger charge is -2.08. The van der Waals surface area contributed by atoms with Gasteiger partial charge in [-0.25, -0.2) is 0 Å². The van der Waals surface area contributed by atoms with Crippen LogP contribution in [0.4, 0.5) is 0 Å². The van der Waals surface area contributed by atoms with Gasteiger partial charge in [-0.15, -0.1) is 22.0 Å². The number of rotatable bonds is 0. The average molecular weight is 231 g/mol. The molecule has 1 aromatic carbocycles. The molecule has 0 spiro atoms. The van der Waals surface area contributed by atoms with Gasteiger partial charge in [0.1, 0.15) is 11.6 Å². The largest absolute Gasteiger partial charge is 0.282 e. The Bertz CT molecular complexity index is 533. The number of fused-ring (bicyclic) bond motifs is 3. The second-order valence-corrected chi connectivity index (χ2v) is 5.58. The van der Waals surface area contributed by atoms with E-state index in [9.17, 15) is 0 Å². The molecule has 1 aliphatic rings. The minimum atomic E-state index is 0.547. The summed E-state index contributed by atoms with van der Waals surface area (Å²) in [7, 11) is 0. The van der Waals surface area contributed by atoms with Gasteiger partial charge < -0.3 is 0 Å². The molecule has 0 bridgehead atoms. The van der Waals surface area contributed by atoms with Crippen LogP contribution in [-0.4, -0.2) is 20.0 Å². The normalized spacial score (nSPS) is 18.8. The van der Waals surface area contributed by atoms with Gasteiger partial charge in [0.05, 0.1) is 5.69 Å². The van der Waals surface area contributed by atoms with Crippen LogP contribution in [0.2, 0.25) is 0 Å². The number of aryl methyl sites for hydroxylation is 1. The molecule has 4 heteroatoms. The molecule has 1 aliphatic heterocycles. The third-order valence-electron chi connectivity index (χ3n) is 2.80. The Morgan fingerprint density at radius 2 is 2.12 bits per heavy atom. The van der Waals surface area contributed by atoms with E-state index in [0.29, 0.717) is 5.25 Å². The van der Waals surface area contributed by atoms with Crippen molar-refractivity contribution in [3.63, 3.8) is 0 Å². The van der Waals surface area contributed by atoms with Crippen LogP contribution >= 0.6 is 11.8 Å². The minimum Gasteiger partial charge on any atom is -0.282 e. The maximum absolute atomic E-state index is 4.27. The number of hydrogen-bond acceptors (Lipinski definition) is 3. The Balaban J connectivity index is 2.29. The molecule has 3 rings (SSSR count). The molecule has 3 nitrogen and oxygen atoms in total. The Kier molecular flexibility index (Phi) is 2.24. The molecular formula is C12H13N3S.